The highest BCUT2D eigenvalue weighted by atomic mass is 19.4. The Morgan fingerprint density at radius 1 is 1.10 bits per heavy atom. The molecular formula is C20H16F3N5O. The highest BCUT2D eigenvalue weighted by molar-refractivity contribution is 6.08. The normalized spacial score (nSPS) is 11.9. The van der Waals surface area contributed by atoms with Gasteiger partial charge in [-0.3, -0.25) is 9.97 Å². The zero-order valence-corrected chi connectivity index (χ0v) is 15.6. The van der Waals surface area contributed by atoms with Crippen LogP contribution in [0.25, 0.3) is 21.8 Å². The second kappa shape index (κ2) is 6.84. The van der Waals surface area contributed by atoms with Crippen LogP contribution in [0, 0.1) is 13.8 Å². The topological polar surface area (TPSA) is 72.7 Å². The molecule has 0 bridgehead atoms. The van der Waals surface area contributed by atoms with E-state index in [-0.39, 0.29) is 6.54 Å². The molecule has 0 aliphatic carbocycles. The first-order valence-electron chi connectivity index (χ1n) is 8.80. The number of carbonyl (C=O) groups is 1. The number of nitrogens with zero attached hydrogens (tertiary/aromatic N) is 4. The van der Waals surface area contributed by atoms with E-state index in [1.54, 1.807) is 6.92 Å². The van der Waals surface area contributed by atoms with Crippen LogP contribution in [0.3, 0.4) is 0 Å². The van der Waals surface area contributed by atoms with Gasteiger partial charge in [-0.1, -0.05) is 18.2 Å². The Kier molecular flexibility index (Phi) is 4.45. The smallest absolute Gasteiger partial charge is 0.331 e. The highest BCUT2D eigenvalue weighted by Crippen LogP contribution is 2.29. The minimum Gasteiger partial charge on any atom is -0.331 e. The van der Waals surface area contributed by atoms with E-state index in [0.717, 1.165) is 34.2 Å². The van der Waals surface area contributed by atoms with E-state index in [4.69, 9.17) is 0 Å². The number of nitrogens with one attached hydrogen (secondary N) is 1. The zero-order valence-electron chi connectivity index (χ0n) is 15.6. The Bertz CT molecular complexity index is 1230. The molecule has 0 saturated carbocycles. The van der Waals surface area contributed by atoms with Crippen LogP contribution in [-0.2, 0) is 12.7 Å². The summed E-state index contributed by atoms with van der Waals surface area (Å²) >= 11 is 0. The molecule has 6 nitrogen and oxygen atoms in total. The van der Waals surface area contributed by atoms with Crippen molar-refractivity contribution in [1.29, 1.82) is 0 Å². The molecule has 1 N–H and O–H groups in total. The first-order valence-corrected chi connectivity index (χ1v) is 8.80. The van der Waals surface area contributed by atoms with Crippen molar-refractivity contribution in [3.63, 3.8) is 0 Å². The van der Waals surface area contributed by atoms with Gasteiger partial charge in [0.2, 0.25) is 0 Å². The van der Waals surface area contributed by atoms with Crippen molar-refractivity contribution >= 4 is 27.8 Å². The Balaban J connectivity index is 1.66. The van der Waals surface area contributed by atoms with Crippen molar-refractivity contribution in [3.8, 4) is 0 Å². The van der Waals surface area contributed by atoms with E-state index in [2.05, 4.69) is 20.4 Å². The number of alkyl halides is 3. The first kappa shape index (κ1) is 18.9. The molecule has 0 radical (unpaired) electrons. The monoisotopic (exact) mass is 399 g/mol. The minimum absolute atomic E-state index is 0.0284. The van der Waals surface area contributed by atoms with Gasteiger partial charge in [-0.15, -0.1) is 0 Å². The Morgan fingerprint density at radius 3 is 2.55 bits per heavy atom. The summed E-state index contributed by atoms with van der Waals surface area (Å²) in [6, 6.07) is 9.12. The van der Waals surface area contributed by atoms with Crippen LogP contribution in [0.4, 0.5) is 18.0 Å². The molecule has 3 heterocycles. The van der Waals surface area contributed by atoms with Crippen molar-refractivity contribution in [3.05, 3.63) is 65.2 Å². The van der Waals surface area contributed by atoms with Crippen LogP contribution in [0.1, 0.15) is 22.6 Å². The quantitative estimate of drug-likeness (QED) is 0.543. The number of halogens is 3. The van der Waals surface area contributed by atoms with Gasteiger partial charge in [0.05, 0.1) is 34.5 Å². The zero-order chi connectivity index (χ0) is 20.8. The molecule has 29 heavy (non-hydrogen) atoms. The molecule has 4 aromatic rings. The van der Waals surface area contributed by atoms with E-state index in [1.165, 1.54) is 10.7 Å². The fraction of sp³-hybridized carbons (Fsp3) is 0.200. The Hall–Kier alpha value is -3.49. The molecule has 148 valence electrons. The van der Waals surface area contributed by atoms with Crippen molar-refractivity contribution in [1.82, 2.24) is 25.1 Å². The average molecular weight is 399 g/mol. The molecule has 0 aliphatic rings. The predicted octanol–water partition coefficient (Wildman–Crippen LogP) is 4.37. The third-order valence-electron chi connectivity index (χ3n) is 4.63. The molecule has 1 aromatic carbocycles. The van der Waals surface area contributed by atoms with Gasteiger partial charge in [0.1, 0.15) is 0 Å². The number of amides is 1. The molecule has 4 rings (SSSR count). The summed E-state index contributed by atoms with van der Waals surface area (Å²) in [4.78, 5) is 21.1. The van der Waals surface area contributed by atoms with Crippen molar-refractivity contribution < 1.29 is 18.0 Å². The van der Waals surface area contributed by atoms with Gasteiger partial charge in [0.25, 0.3) is 0 Å². The summed E-state index contributed by atoms with van der Waals surface area (Å²) in [5.41, 5.74) is 2.29. The van der Waals surface area contributed by atoms with Crippen LogP contribution in [0.15, 0.2) is 42.6 Å². The number of fused-ring (bicyclic) bond motifs is 3. The van der Waals surface area contributed by atoms with Crippen molar-refractivity contribution in [2.75, 3.05) is 0 Å². The number of carbonyl (C=O) groups excluding carboxylic acids is 1. The lowest BCUT2D eigenvalue weighted by molar-refractivity contribution is -0.137. The first-order chi connectivity index (χ1) is 13.8. The lowest BCUT2D eigenvalue weighted by Gasteiger charge is -2.09. The lowest BCUT2D eigenvalue weighted by atomic mass is 10.1. The van der Waals surface area contributed by atoms with Crippen LogP contribution < -0.4 is 5.32 Å². The third-order valence-corrected chi connectivity index (χ3v) is 4.63. The fourth-order valence-corrected chi connectivity index (χ4v) is 3.30. The molecular weight excluding hydrogens is 383 g/mol. The second-order valence-corrected chi connectivity index (χ2v) is 6.63. The number of benzene rings is 1. The maximum atomic E-state index is 12.8. The summed E-state index contributed by atoms with van der Waals surface area (Å²) in [5.74, 6) is 0. The number of para-hydroxylation sites is 1. The number of aromatic nitrogens is 4. The second-order valence-electron chi connectivity index (χ2n) is 6.63. The SMILES string of the molecule is Cc1nc2ccccc2c2c1c(C)nn2C(=O)NCc1ccc(C(F)(F)F)cn1. The summed E-state index contributed by atoms with van der Waals surface area (Å²) in [7, 11) is 0. The average Bonchev–Trinajstić information content (AvgIpc) is 3.04. The number of hydrogen-bond acceptors (Lipinski definition) is 4. The maximum Gasteiger partial charge on any atom is 0.417 e. The molecule has 0 saturated heterocycles. The van der Waals surface area contributed by atoms with E-state index < -0.39 is 17.8 Å². The largest absolute Gasteiger partial charge is 0.417 e. The molecule has 0 aliphatic heterocycles. The lowest BCUT2D eigenvalue weighted by Crippen LogP contribution is -2.29. The summed E-state index contributed by atoms with van der Waals surface area (Å²) < 4.78 is 39.2. The van der Waals surface area contributed by atoms with Crippen LogP contribution in [0.2, 0.25) is 0 Å². The molecule has 9 heteroatoms. The summed E-state index contributed by atoms with van der Waals surface area (Å²) in [5, 5.41) is 8.60. The van der Waals surface area contributed by atoms with Gasteiger partial charge >= 0.3 is 12.2 Å². The van der Waals surface area contributed by atoms with E-state index in [1.807, 2.05) is 31.2 Å². The predicted molar refractivity (Wildman–Crippen MR) is 101 cm³/mol. The molecule has 3 aromatic heterocycles. The summed E-state index contributed by atoms with van der Waals surface area (Å²) in [6.45, 7) is 3.63. The van der Waals surface area contributed by atoms with Crippen LogP contribution in [-0.4, -0.2) is 25.8 Å². The third kappa shape index (κ3) is 3.39. The molecule has 0 atom stereocenters. The van der Waals surface area contributed by atoms with Gasteiger partial charge < -0.3 is 5.32 Å². The fourth-order valence-electron chi connectivity index (χ4n) is 3.30. The van der Waals surface area contributed by atoms with E-state index >= 15 is 0 Å². The molecule has 0 fully saturated rings. The molecule has 0 spiro atoms. The minimum atomic E-state index is -4.45. The van der Waals surface area contributed by atoms with Gasteiger partial charge in [0, 0.05) is 22.7 Å². The number of aryl methyl sites for hydroxylation is 2. The van der Waals surface area contributed by atoms with Crippen LogP contribution in [0.5, 0.6) is 0 Å². The van der Waals surface area contributed by atoms with Gasteiger partial charge in [-0.2, -0.15) is 23.0 Å². The van der Waals surface area contributed by atoms with Gasteiger partial charge in [-0.05, 0) is 32.0 Å². The standard InChI is InChI=1S/C20H16F3N5O/c1-11-17-12(2)27-28(18(17)15-5-3-4-6-16(15)26-11)19(29)25-10-14-8-7-13(9-24-14)20(21,22)23/h3-9H,10H2,1-2H3,(H,25,29). The Labute approximate surface area is 163 Å². The Morgan fingerprint density at radius 2 is 1.86 bits per heavy atom. The molecule has 0 unspecified atom stereocenters. The number of hydrogen-bond donors (Lipinski definition) is 1. The number of rotatable bonds is 2. The molecule has 1 amide bonds. The van der Waals surface area contributed by atoms with Gasteiger partial charge in [-0.25, -0.2) is 4.79 Å². The van der Waals surface area contributed by atoms with Crippen LogP contribution >= 0.6 is 0 Å². The van der Waals surface area contributed by atoms with E-state index in [9.17, 15) is 18.0 Å². The van der Waals surface area contributed by atoms with Gasteiger partial charge in [0.15, 0.2) is 0 Å². The highest BCUT2D eigenvalue weighted by Gasteiger charge is 2.30. The van der Waals surface area contributed by atoms with Crippen molar-refractivity contribution in [2.45, 2.75) is 26.6 Å². The maximum absolute atomic E-state index is 12.8. The number of pyridine rings is 2. The van der Waals surface area contributed by atoms with E-state index in [0.29, 0.717) is 16.9 Å². The van der Waals surface area contributed by atoms with Crippen molar-refractivity contribution in [2.24, 2.45) is 0 Å². The summed E-state index contributed by atoms with van der Waals surface area (Å²) in [6.07, 6.45) is -3.70.